The fourth-order valence-corrected chi connectivity index (χ4v) is 1.82. The summed E-state index contributed by atoms with van der Waals surface area (Å²) in [5, 5.41) is 3.32. The molecule has 0 amide bonds. The van der Waals surface area contributed by atoms with Crippen molar-refractivity contribution in [1.29, 1.82) is 0 Å². The molecule has 108 valence electrons. The van der Waals surface area contributed by atoms with Crippen molar-refractivity contribution in [3.05, 3.63) is 23.8 Å². The highest BCUT2D eigenvalue weighted by molar-refractivity contribution is 7.98. The lowest BCUT2D eigenvalue weighted by Gasteiger charge is -2.13. The second kappa shape index (κ2) is 9.95. The number of hydrogen-bond donors (Lipinski definition) is 1. The largest absolute Gasteiger partial charge is 0.497 e. The van der Waals surface area contributed by atoms with E-state index in [1.807, 2.05) is 18.2 Å². The van der Waals surface area contributed by atoms with Crippen LogP contribution < -0.4 is 14.8 Å². The molecule has 4 nitrogen and oxygen atoms in total. The third-order valence-corrected chi connectivity index (χ3v) is 3.19. The van der Waals surface area contributed by atoms with Crippen LogP contribution in [0, 0.1) is 0 Å². The number of nitrogens with one attached hydrogen (secondary N) is 1. The number of ether oxygens (including phenoxy) is 3. The Hall–Kier alpha value is -0.910. The molecule has 1 rings (SSSR count). The van der Waals surface area contributed by atoms with Crippen LogP contribution in [0.5, 0.6) is 11.5 Å². The van der Waals surface area contributed by atoms with Gasteiger partial charge < -0.3 is 19.5 Å². The normalized spacial score (nSPS) is 10.5. The van der Waals surface area contributed by atoms with Crippen molar-refractivity contribution in [2.75, 3.05) is 46.0 Å². The minimum atomic E-state index is 0.707. The molecule has 0 aliphatic rings. The van der Waals surface area contributed by atoms with E-state index in [0.717, 1.165) is 35.9 Å². The molecule has 1 aromatic carbocycles. The van der Waals surface area contributed by atoms with E-state index in [4.69, 9.17) is 14.2 Å². The van der Waals surface area contributed by atoms with Crippen LogP contribution in [0.2, 0.25) is 0 Å². The van der Waals surface area contributed by atoms with Crippen molar-refractivity contribution in [1.82, 2.24) is 5.32 Å². The summed E-state index contributed by atoms with van der Waals surface area (Å²) >= 11 is 1.77. The van der Waals surface area contributed by atoms with E-state index >= 15 is 0 Å². The minimum absolute atomic E-state index is 0.707. The zero-order valence-electron chi connectivity index (χ0n) is 11.9. The Bertz CT molecular complexity index is 361. The summed E-state index contributed by atoms with van der Waals surface area (Å²) in [6, 6.07) is 5.93. The lowest BCUT2D eigenvalue weighted by molar-refractivity contribution is 0.199. The topological polar surface area (TPSA) is 39.7 Å². The Morgan fingerprint density at radius 1 is 1.21 bits per heavy atom. The summed E-state index contributed by atoms with van der Waals surface area (Å²) in [6.07, 6.45) is 2.07. The maximum atomic E-state index is 5.80. The van der Waals surface area contributed by atoms with Gasteiger partial charge in [-0.05, 0) is 12.3 Å². The van der Waals surface area contributed by atoms with E-state index < -0.39 is 0 Å². The molecule has 5 heteroatoms. The molecule has 0 bridgehead atoms. The summed E-state index contributed by atoms with van der Waals surface area (Å²) in [7, 11) is 3.36. The Morgan fingerprint density at radius 3 is 2.74 bits per heavy atom. The van der Waals surface area contributed by atoms with Crippen LogP contribution in [-0.4, -0.2) is 46.0 Å². The number of methoxy groups -OCH3 is 2. The van der Waals surface area contributed by atoms with Gasteiger partial charge in [0.1, 0.15) is 11.5 Å². The minimum Gasteiger partial charge on any atom is -0.497 e. The number of rotatable bonds is 10. The van der Waals surface area contributed by atoms with Gasteiger partial charge in [0.25, 0.3) is 0 Å². The standard InChI is InChI=1S/C14H23NO3S/c1-16-7-6-15-11-12-4-5-13(17-2)10-14(12)18-8-9-19-3/h4-5,10,15H,6-9,11H2,1-3H3. The Labute approximate surface area is 119 Å². The van der Waals surface area contributed by atoms with Gasteiger partial charge in [0.05, 0.1) is 20.3 Å². The highest BCUT2D eigenvalue weighted by Gasteiger charge is 2.05. The van der Waals surface area contributed by atoms with Gasteiger partial charge in [-0.1, -0.05) is 6.07 Å². The number of thioether (sulfide) groups is 1. The summed E-state index contributed by atoms with van der Waals surface area (Å²) in [4.78, 5) is 0. The first kappa shape index (κ1) is 16.1. The van der Waals surface area contributed by atoms with Crippen molar-refractivity contribution < 1.29 is 14.2 Å². The van der Waals surface area contributed by atoms with Crippen molar-refractivity contribution in [2.24, 2.45) is 0 Å². The first-order valence-electron chi connectivity index (χ1n) is 6.30. The zero-order valence-corrected chi connectivity index (χ0v) is 12.7. The van der Waals surface area contributed by atoms with Crippen molar-refractivity contribution in [3.63, 3.8) is 0 Å². The molecule has 1 N–H and O–H groups in total. The van der Waals surface area contributed by atoms with Gasteiger partial charge in [-0.15, -0.1) is 0 Å². The quantitative estimate of drug-likeness (QED) is 0.667. The second-order valence-electron chi connectivity index (χ2n) is 3.98. The smallest absolute Gasteiger partial charge is 0.127 e. The summed E-state index contributed by atoms with van der Waals surface area (Å²) in [5.74, 6) is 2.69. The van der Waals surface area contributed by atoms with Crippen LogP contribution in [0.3, 0.4) is 0 Å². The molecular formula is C14H23NO3S. The number of benzene rings is 1. The number of hydrogen-bond acceptors (Lipinski definition) is 5. The molecule has 0 aromatic heterocycles. The van der Waals surface area contributed by atoms with Crippen LogP contribution >= 0.6 is 11.8 Å². The molecule has 0 spiro atoms. The maximum Gasteiger partial charge on any atom is 0.127 e. The zero-order chi connectivity index (χ0) is 13.9. The fraction of sp³-hybridized carbons (Fsp3) is 0.571. The van der Waals surface area contributed by atoms with Crippen LogP contribution in [-0.2, 0) is 11.3 Å². The van der Waals surface area contributed by atoms with E-state index in [9.17, 15) is 0 Å². The monoisotopic (exact) mass is 285 g/mol. The first-order chi connectivity index (χ1) is 9.31. The van der Waals surface area contributed by atoms with Crippen molar-refractivity contribution in [2.45, 2.75) is 6.54 Å². The van der Waals surface area contributed by atoms with Gasteiger partial charge in [0.15, 0.2) is 0 Å². The lowest BCUT2D eigenvalue weighted by atomic mass is 10.2. The summed E-state index contributed by atoms with van der Waals surface area (Å²) in [5.41, 5.74) is 1.14. The average Bonchev–Trinajstić information content (AvgIpc) is 2.45. The molecule has 0 radical (unpaired) electrons. The third kappa shape index (κ3) is 6.18. The van der Waals surface area contributed by atoms with Crippen molar-refractivity contribution in [3.8, 4) is 11.5 Å². The predicted octanol–water partition coefficient (Wildman–Crippen LogP) is 2.17. The molecule has 0 saturated carbocycles. The van der Waals surface area contributed by atoms with Crippen LogP contribution in [0.4, 0.5) is 0 Å². The van der Waals surface area contributed by atoms with Crippen LogP contribution in [0.15, 0.2) is 18.2 Å². The first-order valence-corrected chi connectivity index (χ1v) is 7.69. The van der Waals surface area contributed by atoms with Gasteiger partial charge in [0.2, 0.25) is 0 Å². The molecule has 0 aliphatic carbocycles. The SMILES string of the molecule is COCCNCc1ccc(OC)cc1OCCSC. The third-order valence-electron chi connectivity index (χ3n) is 2.62. The van der Waals surface area contributed by atoms with E-state index in [1.54, 1.807) is 26.0 Å². The highest BCUT2D eigenvalue weighted by atomic mass is 32.2. The van der Waals surface area contributed by atoms with Crippen LogP contribution in [0.1, 0.15) is 5.56 Å². The van der Waals surface area contributed by atoms with Crippen LogP contribution in [0.25, 0.3) is 0 Å². The van der Waals surface area contributed by atoms with E-state index in [2.05, 4.69) is 11.6 Å². The molecule has 0 saturated heterocycles. The lowest BCUT2D eigenvalue weighted by Crippen LogP contribution is -2.19. The van der Waals surface area contributed by atoms with Gasteiger partial charge in [-0.2, -0.15) is 11.8 Å². The van der Waals surface area contributed by atoms with Gasteiger partial charge in [-0.25, -0.2) is 0 Å². The molecule has 0 unspecified atom stereocenters. The Kier molecular flexibility index (Phi) is 8.45. The summed E-state index contributed by atoms with van der Waals surface area (Å²) in [6.45, 7) is 3.01. The van der Waals surface area contributed by atoms with Crippen molar-refractivity contribution >= 4 is 11.8 Å². The molecule has 0 heterocycles. The molecule has 0 atom stereocenters. The van der Waals surface area contributed by atoms with E-state index in [1.165, 1.54) is 0 Å². The van der Waals surface area contributed by atoms with E-state index in [0.29, 0.717) is 13.2 Å². The van der Waals surface area contributed by atoms with E-state index in [-0.39, 0.29) is 0 Å². The van der Waals surface area contributed by atoms with Gasteiger partial charge in [-0.3, -0.25) is 0 Å². The Balaban J connectivity index is 2.60. The van der Waals surface area contributed by atoms with Gasteiger partial charge in [0, 0.05) is 37.6 Å². The van der Waals surface area contributed by atoms with Gasteiger partial charge >= 0.3 is 0 Å². The molecule has 19 heavy (non-hydrogen) atoms. The summed E-state index contributed by atoms with van der Waals surface area (Å²) < 4.78 is 16.0. The maximum absolute atomic E-state index is 5.80. The second-order valence-corrected chi connectivity index (χ2v) is 4.97. The predicted molar refractivity (Wildman–Crippen MR) is 80.5 cm³/mol. The molecular weight excluding hydrogens is 262 g/mol. The average molecular weight is 285 g/mol. The highest BCUT2D eigenvalue weighted by Crippen LogP contribution is 2.25. The fourth-order valence-electron chi connectivity index (χ4n) is 1.57. The molecule has 0 aliphatic heterocycles. The molecule has 1 aromatic rings. The Morgan fingerprint density at radius 2 is 2.05 bits per heavy atom. The molecule has 0 fully saturated rings.